The number of aromatic nitrogens is 5. The first kappa shape index (κ1) is 13.8. The van der Waals surface area contributed by atoms with Crippen LogP contribution in [0.25, 0.3) is 10.2 Å². The maximum absolute atomic E-state index is 6.15. The minimum absolute atomic E-state index is 0.167. The van der Waals surface area contributed by atoms with Crippen LogP contribution >= 0.6 is 34.7 Å². The summed E-state index contributed by atoms with van der Waals surface area (Å²) < 4.78 is 3.74. The molecule has 0 amide bonds. The van der Waals surface area contributed by atoms with E-state index >= 15 is 0 Å². The summed E-state index contributed by atoms with van der Waals surface area (Å²) in [6, 6.07) is 5.78. The first-order chi connectivity index (χ1) is 9.45. The zero-order chi connectivity index (χ0) is 14.3. The topological polar surface area (TPSA) is 56.5 Å². The van der Waals surface area contributed by atoms with Crippen LogP contribution in [-0.4, -0.2) is 25.2 Å². The standard InChI is InChI=1S/C12H12ClN5S2/c1-12(2,3)18-10(15-16-17-18)20-11-14-9-7(13)5-4-6-8(9)19-11/h4-6H,1-3H3. The molecule has 0 bridgehead atoms. The molecule has 20 heavy (non-hydrogen) atoms. The van der Waals surface area contributed by atoms with Gasteiger partial charge in [0.2, 0.25) is 5.16 Å². The SMILES string of the molecule is CC(C)(C)n1nnnc1Sc1nc2c(Cl)cccc2s1. The molecule has 0 spiro atoms. The van der Waals surface area contributed by atoms with E-state index in [2.05, 4.69) is 41.3 Å². The molecule has 0 unspecified atom stereocenters. The Bertz CT molecular complexity index is 759. The molecule has 5 nitrogen and oxygen atoms in total. The number of rotatable bonds is 2. The quantitative estimate of drug-likeness (QED) is 0.716. The zero-order valence-electron chi connectivity index (χ0n) is 11.2. The van der Waals surface area contributed by atoms with Gasteiger partial charge in [-0.1, -0.05) is 17.7 Å². The Labute approximate surface area is 129 Å². The number of para-hydroxylation sites is 1. The smallest absolute Gasteiger partial charge is 0.216 e. The van der Waals surface area contributed by atoms with Crippen molar-refractivity contribution in [1.82, 2.24) is 25.2 Å². The maximum Gasteiger partial charge on any atom is 0.216 e. The largest absolute Gasteiger partial charge is 0.228 e. The molecule has 1 aromatic carbocycles. The molecule has 3 rings (SSSR count). The van der Waals surface area contributed by atoms with Crippen LogP contribution in [0.15, 0.2) is 27.7 Å². The molecule has 0 aliphatic rings. The van der Waals surface area contributed by atoms with Crippen LogP contribution in [0.5, 0.6) is 0 Å². The Kier molecular flexibility index (Phi) is 3.43. The van der Waals surface area contributed by atoms with Crippen molar-refractivity contribution in [2.75, 3.05) is 0 Å². The molecule has 0 saturated carbocycles. The van der Waals surface area contributed by atoms with Gasteiger partial charge in [-0.3, -0.25) is 0 Å². The lowest BCUT2D eigenvalue weighted by atomic mass is 10.1. The summed E-state index contributed by atoms with van der Waals surface area (Å²) in [4.78, 5) is 4.55. The normalized spacial score (nSPS) is 12.2. The average molecular weight is 326 g/mol. The van der Waals surface area contributed by atoms with Gasteiger partial charge in [-0.2, -0.15) is 0 Å². The van der Waals surface area contributed by atoms with Crippen LogP contribution < -0.4 is 0 Å². The van der Waals surface area contributed by atoms with Crippen molar-refractivity contribution >= 4 is 44.9 Å². The maximum atomic E-state index is 6.15. The van der Waals surface area contributed by atoms with Crippen LogP contribution in [0, 0.1) is 0 Å². The third-order valence-electron chi connectivity index (χ3n) is 2.61. The second kappa shape index (κ2) is 4.98. The number of benzene rings is 1. The Morgan fingerprint density at radius 1 is 1.30 bits per heavy atom. The van der Waals surface area contributed by atoms with E-state index in [9.17, 15) is 0 Å². The zero-order valence-corrected chi connectivity index (χ0v) is 13.6. The summed E-state index contributed by atoms with van der Waals surface area (Å²) in [6.07, 6.45) is 0. The lowest BCUT2D eigenvalue weighted by molar-refractivity contribution is 0.321. The molecule has 0 N–H and O–H groups in total. The van der Waals surface area contributed by atoms with Crippen molar-refractivity contribution in [2.45, 2.75) is 35.8 Å². The number of nitrogens with zero attached hydrogens (tertiary/aromatic N) is 5. The van der Waals surface area contributed by atoms with Crippen LogP contribution in [0.3, 0.4) is 0 Å². The van der Waals surface area contributed by atoms with Crippen LogP contribution in [-0.2, 0) is 5.54 Å². The monoisotopic (exact) mass is 325 g/mol. The highest BCUT2D eigenvalue weighted by Crippen LogP contribution is 2.36. The van der Waals surface area contributed by atoms with Crippen LogP contribution in [0.1, 0.15) is 20.8 Å². The molecule has 2 aromatic heterocycles. The molecule has 8 heteroatoms. The van der Waals surface area contributed by atoms with Crippen molar-refractivity contribution < 1.29 is 0 Å². The Morgan fingerprint density at radius 3 is 2.80 bits per heavy atom. The van der Waals surface area contributed by atoms with E-state index in [4.69, 9.17) is 11.6 Å². The van der Waals surface area contributed by atoms with E-state index in [0.717, 1.165) is 19.7 Å². The third-order valence-corrected chi connectivity index (χ3v) is 4.93. The van der Waals surface area contributed by atoms with Gasteiger partial charge in [-0.05, 0) is 55.1 Å². The minimum atomic E-state index is -0.167. The second-order valence-electron chi connectivity index (χ2n) is 5.21. The summed E-state index contributed by atoms with van der Waals surface area (Å²) in [5, 5.41) is 13.3. The molecule has 3 aromatic rings. The van der Waals surface area contributed by atoms with Crippen LogP contribution in [0.4, 0.5) is 0 Å². The molecule has 0 radical (unpaired) electrons. The molecular weight excluding hydrogens is 314 g/mol. The van der Waals surface area contributed by atoms with E-state index in [-0.39, 0.29) is 5.54 Å². The van der Waals surface area contributed by atoms with Crippen molar-refractivity contribution in [3.05, 3.63) is 23.2 Å². The van der Waals surface area contributed by atoms with E-state index < -0.39 is 0 Å². The van der Waals surface area contributed by atoms with Gasteiger partial charge in [0.05, 0.1) is 15.3 Å². The number of hydrogen-bond donors (Lipinski definition) is 0. The Morgan fingerprint density at radius 2 is 2.10 bits per heavy atom. The molecule has 104 valence electrons. The number of hydrogen-bond acceptors (Lipinski definition) is 6. The predicted molar refractivity (Wildman–Crippen MR) is 81.6 cm³/mol. The van der Waals surface area contributed by atoms with E-state index in [1.807, 2.05) is 18.2 Å². The molecule has 0 atom stereocenters. The average Bonchev–Trinajstić information content (AvgIpc) is 2.95. The van der Waals surface area contributed by atoms with E-state index in [1.165, 1.54) is 11.8 Å². The van der Waals surface area contributed by atoms with Crippen LogP contribution in [0.2, 0.25) is 5.02 Å². The molecule has 0 saturated heterocycles. The Hall–Kier alpha value is -1.18. The lowest BCUT2D eigenvalue weighted by Crippen LogP contribution is -2.24. The highest BCUT2D eigenvalue weighted by Gasteiger charge is 2.21. The van der Waals surface area contributed by atoms with Gasteiger partial charge in [0.1, 0.15) is 5.52 Å². The highest BCUT2D eigenvalue weighted by molar-refractivity contribution is 8.01. The van der Waals surface area contributed by atoms with E-state index in [0.29, 0.717) is 5.02 Å². The summed E-state index contributed by atoms with van der Waals surface area (Å²) >= 11 is 9.19. The van der Waals surface area contributed by atoms with Gasteiger partial charge in [0, 0.05) is 0 Å². The van der Waals surface area contributed by atoms with Crippen molar-refractivity contribution in [1.29, 1.82) is 0 Å². The first-order valence-corrected chi connectivity index (χ1v) is 7.98. The molecular formula is C12H12ClN5S2. The fourth-order valence-corrected chi connectivity index (χ4v) is 4.10. The molecule has 0 fully saturated rings. The number of halogens is 1. The Balaban J connectivity index is 1.98. The fourth-order valence-electron chi connectivity index (χ4n) is 1.68. The molecule has 2 heterocycles. The number of thiazole rings is 1. The van der Waals surface area contributed by atoms with Gasteiger partial charge in [0.15, 0.2) is 4.34 Å². The summed E-state index contributed by atoms with van der Waals surface area (Å²) in [7, 11) is 0. The van der Waals surface area contributed by atoms with Gasteiger partial charge >= 0.3 is 0 Å². The van der Waals surface area contributed by atoms with Gasteiger partial charge in [-0.25, -0.2) is 9.67 Å². The van der Waals surface area contributed by atoms with Gasteiger partial charge in [-0.15, -0.1) is 16.4 Å². The number of fused-ring (bicyclic) bond motifs is 1. The highest BCUT2D eigenvalue weighted by atomic mass is 35.5. The predicted octanol–water partition coefficient (Wildman–Crippen LogP) is 3.84. The van der Waals surface area contributed by atoms with Crippen molar-refractivity contribution in [3.63, 3.8) is 0 Å². The fraction of sp³-hybridized carbons (Fsp3) is 0.333. The first-order valence-electron chi connectivity index (χ1n) is 5.97. The van der Waals surface area contributed by atoms with Gasteiger partial charge in [0.25, 0.3) is 0 Å². The van der Waals surface area contributed by atoms with Crippen molar-refractivity contribution in [3.8, 4) is 0 Å². The minimum Gasteiger partial charge on any atom is -0.228 e. The second-order valence-corrected chi connectivity index (χ2v) is 7.86. The lowest BCUT2D eigenvalue weighted by Gasteiger charge is -2.18. The summed E-state index contributed by atoms with van der Waals surface area (Å²) in [5.74, 6) is 0. The third kappa shape index (κ3) is 2.53. The summed E-state index contributed by atoms with van der Waals surface area (Å²) in [6.45, 7) is 6.17. The summed E-state index contributed by atoms with van der Waals surface area (Å²) in [5.41, 5.74) is 0.664. The van der Waals surface area contributed by atoms with Crippen molar-refractivity contribution in [2.24, 2.45) is 0 Å². The van der Waals surface area contributed by atoms with E-state index in [1.54, 1.807) is 16.0 Å². The molecule has 0 aliphatic carbocycles. The number of tetrazole rings is 1. The van der Waals surface area contributed by atoms with Gasteiger partial charge < -0.3 is 0 Å². The molecule has 0 aliphatic heterocycles.